The van der Waals surface area contributed by atoms with Crippen molar-refractivity contribution >= 4 is 45.1 Å². The van der Waals surface area contributed by atoms with Gasteiger partial charge in [-0.2, -0.15) is 9.49 Å². The van der Waals surface area contributed by atoms with E-state index in [9.17, 15) is 9.18 Å². The molecule has 0 aliphatic rings. The molecule has 0 aromatic carbocycles. The Morgan fingerprint density at radius 2 is 1.92 bits per heavy atom. The molecule has 0 aliphatic carbocycles. The first-order chi connectivity index (χ1) is 17.8. The number of carbonyl (C=O) groups is 1. The normalized spacial score (nSPS) is 11.9. The number of imidazole rings is 1. The quantitative estimate of drug-likeness (QED) is 0.274. The SMILES string of the molecule is CC(C)(C)C(=O)Nc1cncc(-c2ccc3[nH]nc(-c4nc5c(-c6ccc(F)s6)ccnc5[nH]4)c3n2)c1. The van der Waals surface area contributed by atoms with Crippen molar-refractivity contribution < 1.29 is 9.18 Å². The number of pyridine rings is 3. The molecule has 3 N–H and O–H groups in total. The van der Waals surface area contributed by atoms with Crippen LogP contribution in [0.1, 0.15) is 20.8 Å². The number of carbonyl (C=O) groups excluding carboxylic acids is 1. The molecule has 1 amide bonds. The summed E-state index contributed by atoms with van der Waals surface area (Å²) in [5.74, 6) is 0.391. The number of fused-ring (bicyclic) bond motifs is 2. The van der Waals surface area contributed by atoms with E-state index in [1.165, 1.54) is 6.07 Å². The van der Waals surface area contributed by atoms with Crippen molar-refractivity contribution in [3.63, 3.8) is 0 Å². The van der Waals surface area contributed by atoms with Crippen LogP contribution in [0.3, 0.4) is 0 Å². The molecule has 6 heterocycles. The van der Waals surface area contributed by atoms with Crippen molar-refractivity contribution in [1.29, 1.82) is 0 Å². The van der Waals surface area contributed by atoms with Gasteiger partial charge in [0.15, 0.2) is 22.3 Å². The van der Waals surface area contributed by atoms with Gasteiger partial charge in [-0.3, -0.25) is 14.9 Å². The molecule has 11 heteroatoms. The van der Waals surface area contributed by atoms with Crippen LogP contribution in [0.15, 0.2) is 55.0 Å². The summed E-state index contributed by atoms with van der Waals surface area (Å²) in [6.45, 7) is 5.56. The molecule has 0 fully saturated rings. The molecule has 0 aliphatic heterocycles. The molecule has 0 unspecified atom stereocenters. The predicted octanol–water partition coefficient (Wildman–Crippen LogP) is 5.81. The van der Waals surface area contributed by atoms with Crippen LogP contribution in [-0.4, -0.2) is 41.0 Å². The fourth-order valence-corrected chi connectivity index (χ4v) is 4.63. The third kappa shape index (κ3) is 4.23. The number of thiophene rings is 1. The van der Waals surface area contributed by atoms with E-state index in [1.54, 1.807) is 24.7 Å². The first-order valence-corrected chi connectivity index (χ1v) is 12.3. The maximum Gasteiger partial charge on any atom is 0.229 e. The number of amides is 1. The van der Waals surface area contributed by atoms with E-state index < -0.39 is 5.41 Å². The van der Waals surface area contributed by atoms with Crippen molar-refractivity contribution in [1.82, 2.24) is 35.1 Å². The van der Waals surface area contributed by atoms with Crippen molar-refractivity contribution in [2.75, 3.05) is 5.32 Å². The zero-order valence-electron chi connectivity index (χ0n) is 20.1. The maximum absolute atomic E-state index is 13.7. The lowest BCUT2D eigenvalue weighted by molar-refractivity contribution is -0.123. The Hall–Kier alpha value is -4.51. The fourth-order valence-electron chi connectivity index (χ4n) is 3.87. The molecule has 6 aromatic heterocycles. The largest absolute Gasteiger partial charge is 0.324 e. The Morgan fingerprint density at radius 3 is 2.70 bits per heavy atom. The van der Waals surface area contributed by atoms with E-state index in [2.05, 4.69) is 30.5 Å². The number of hydrogen-bond acceptors (Lipinski definition) is 7. The molecule has 0 radical (unpaired) electrons. The minimum absolute atomic E-state index is 0.102. The van der Waals surface area contributed by atoms with Crippen LogP contribution >= 0.6 is 11.3 Å². The minimum atomic E-state index is -0.530. The van der Waals surface area contributed by atoms with Gasteiger partial charge in [0.25, 0.3) is 0 Å². The first kappa shape index (κ1) is 22.9. The van der Waals surface area contributed by atoms with Gasteiger partial charge in [0.1, 0.15) is 11.0 Å². The molecule has 37 heavy (non-hydrogen) atoms. The second-order valence-corrected chi connectivity index (χ2v) is 10.6. The molecule has 9 nitrogen and oxygen atoms in total. The van der Waals surface area contributed by atoms with Crippen LogP contribution in [0, 0.1) is 10.5 Å². The number of hydrogen-bond donors (Lipinski definition) is 3. The summed E-state index contributed by atoms with van der Waals surface area (Å²) in [5.41, 5.74) is 5.33. The molecule has 0 bridgehead atoms. The Bertz CT molecular complexity index is 1800. The Labute approximate surface area is 214 Å². The number of H-pyrrole nitrogens is 2. The topological polar surface area (TPSA) is 125 Å². The Balaban J connectivity index is 1.40. The standard InChI is InChI=1S/C26H21FN8OS/c1-26(2,3)25(36)30-14-10-13(11-28-12-14)16-4-5-17-21(31-16)22(35-34-17)24-32-20-15(8-9-29-23(20)33-24)18-6-7-19(27)37-18/h4-12H,1-3H3,(H,30,36)(H,34,35)(H,29,32,33). The highest BCUT2D eigenvalue weighted by Gasteiger charge is 2.22. The average molecular weight is 513 g/mol. The number of nitrogens with zero attached hydrogens (tertiary/aromatic N) is 5. The summed E-state index contributed by atoms with van der Waals surface area (Å²) in [4.78, 5) is 34.6. The van der Waals surface area contributed by atoms with Gasteiger partial charge in [-0.05, 0) is 36.4 Å². The average Bonchev–Trinajstić information content (AvgIpc) is 3.60. The molecular formula is C26H21FN8OS. The van der Waals surface area contributed by atoms with Crippen molar-refractivity contribution in [3.8, 4) is 33.2 Å². The summed E-state index contributed by atoms with van der Waals surface area (Å²) in [6, 6.07) is 10.6. The second-order valence-electron chi connectivity index (χ2n) is 9.58. The minimum Gasteiger partial charge on any atom is -0.324 e. The summed E-state index contributed by atoms with van der Waals surface area (Å²) in [7, 11) is 0. The second kappa shape index (κ2) is 8.56. The third-order valence-corrected chi connectivity index (χ3v) is 6.74. The Kier molecular flexibility index (Phi) is 5.30. The molecule has 0 saturated heterocycles. The van der Waals surface area contributed by atoms with E-state index in [4.69, 9.17) is 9.97 Å². The van der Waals surface area contributed by atoms with Crippen LogP contribution in [0.25, 0.3) is 55.4 Å². The van der Waals surface area contributed by atoms with Crippen molar-refractivity contribution in [2.45, 2.75) is 20.8 Å². The lowest BCUT2D eigenvalue weighted by Crippen LogP contribution is -2.27. The van der Waals surface area contributed by atoms with Gasteiger partial charge in [-0.15, -0.1) is 11.3 Å². The third-order valence-electron chi connectivity index (χ3n) is 5.83. The predicted molar refractivity (Wildman–Crippen MR) is 141 cm³/mol. The van der Waals surface area contributed by atoms with Crippen LogP contribution in [0.4, 0.5) is 10.1 Å². The van der Waals surface area contributed by atoms with Gasteiger partial charge < -0.3 is 10.3 Å². The number of aromatic nitrogens is 7. The first-order valence-electron chi connectivity index (χ1n) is 11.5. The number of rotatable bonds is 4. The molecule has 0 atom stereocenters. The highest BCUT2D eigenvalue weighted by molar-refractivity contribution is 7.14. The van der Waals surface area contributed by atoms with Gasteiger partial charge in [-0.25, -0.2) is 15.0 Å². The molecule has 184 valence electrons. The monoisotopic (exact) mass is 512 g/mol. The van der Waals surface area contributed by atoms with E-state index >= 15 is 0 Å². The zero-order valence-corrected chi connectivity index (χ0v) is 20.9. The summed E-state index contributed by atoms with van der Waals surface area (Å²) >= 11 is 1.06. The fraction of sp³-hybridized carbons (Fsp3) is 0.154. The zero-order chi connectivity index (χ0) is 25.7. The molecule has 0 spiro atoms. The Morgan fingerprint density at radius 1 is 1.05 bits per heavy atom. The smallest absolute Gasteiger partial charge is 0.229 e. The van der Waals surface area contributed by atoms with Gasteiger partial charge >= 0.3 is 0 Å². The van der Waals surface area contributed by atoms with Crippen LogP contribution in [0.2, 0.25) is 0 Å². The van der Waals surface area contributed by atoms with Gasteiger partial charge in [0.05, 0.1) is 23.1 Å². The number of aromatic amines is 2. The summed E-state index contributed by atoms with van der Waals surface area (Å²) in [5, 5.41) is 10.1. The molecule has 0 saturated carbocycles. The van der Waals surface area contributed by atoms with E-state index in [1.807, 2.05) is 45.0 Å². The number of nitrogens with one attached hydrogen (secondary N) is 3. The van der Waals surface area contributed by atoms with E-state index in [0.717, 1.165) is 32.9 Å². The van der Waals surface area contributed by atoms with Crippen LogP contribution in [-0.2, 0) is 4.79 Å². The van der Waals surface area contributed by atoms with Crippen LogP contribution in [0.5, 0.6) is 0 Å². The van der Waals surface area contributed by atoms with Crippen molar-refractivity contribution in [2.24, 2.45) is 5.41 Å². The highest BCUT2D eigenvalue weighted by Crippen LogP contribution is 2.34. The highest BCUT2D eigenvalue weighted by atomic mass is 32.1. The van der Waals surface area contributed by atoms with Crippen molar-refractivity contribution in [3.05, 3.63) is 60.1 Å². The van der Waals surface area contributed by atoms with E-state index in [-0.39, 0.29) is 11.0 Å². The van der Waals surface area contributed by atoms with Crippen LogP contribution < -0.4 is 5.32 Å². The van der Waals surface area contributed by atoms with Gasteiger partial charge in [0, 0.05) is 33.8 Å². The molecule has 6 rings (SSSR count). The summed E-state index contributed by atoms with van der Waals surface area (Å²) in [6.07, 6.45) is 4.96. The summed E-state index contributed by atoms with van der Waals surface area (Å²) < 4.78 is 13.7. The molecular weight excluding hydrogens is 491 g/mol. The maximum atomic E-state index is 13.7. The number of anilines is 1. The van der Waals surface area contributed by atoms with Gasteiger partial charge in [0.2, 0.25) is 5.91 Å². The number of halogens is 1. The van der Waals surface area contributed by atoms with Gasteiger partial charge in [-0.1, -0.05) is 20.8 Å². The van der Waals surface area contributed by atoms with E-state index in [0.29, 0.717) is 39.6 Å². The molecule has 6 aromatic rings. The lowest BCUT2D eigenvalue weighted by atomic mass is 9.95. The lowest BCUT2D eigenvalue weighted by Gasteiger charge is -2.17.